The van der Waals surface area contributed by atoms with Gasteiger partial charge in [-0.3, -0.25) is 0 Å². The van der Waals surface area contributed by atoms with Crippen molar-refractivity contribution in [3.05, 3.63) is 0 Å². The van der Waals surface area contributed by atoms with E-state index >= 15 is 0 Å². The monoisotopic (exact) mass is 226 g/mol. The van der Waals surface area contributed by atoms with E-state index in [0.29, 0.717) is 0 Å². The first-order chi connectivity index (χ1) is 4.46. The van der Waals surface area contributed by atoms with Crippen molar-refractivity contribution in [2.24, 2.45) is 0 Å². The van der Waals surface area contributed by atoms with Crippen molar-refractivity contribution in [1.82, 2.24) is 0 Å². The molecule has 0 bridgehead atoms. The van der Waals surface area contributed by atoms with Crippen LogP contribution >= 0.6 is 0 Å². The van der Waals surface area contributed by atoms with Crippen LogP contribution < -0.4 is 113 Å². The third-order valence-corrected chi connectivity index (χ3v) is 0.782. The molecule has 0 aliphatic carbocycles. The molecule has 0 aliphatic rings. The largest absolute Gasteiger partial charge is 1.00 e. The predicted molar refractivity (Wildman–Crippen MR) is 22.0 cm³/mol. The summed E-state index contributed by atoms with van der Waals surface area (Å²) in [5.41, 5.74) is 0. The van der Waals surface area contributed by atoms with E-state index in [1.54, 1.807) is 0 Å². The van der Waals surface area contributed by atoms with Crippen LogP contribution in [0.3, 0.4) is 0 Å². The van der Waals surface area contributed by atoms with E-state index in [1.165, 1.54) is 0 Å². The zero-order chi connectivity index (χ0) is 8.31. The molecule has 0 saturated carbocycles. The van der Waals surface area contributed by atoms with Gasteiger partial charge in [0.05, 0.1) is 11.9 Å². The van der Waals surface area contributed by atoms with Crippen LogP contribution in [0.2, 0.25) is 0 Å². The molecule has 0 amide bonds. The first-order valence-corrected chi connectivity index (χ1v) is 2.24. The molecule has 0 heterocycles. The second kappa shape index (κ2) is 9.68. The number of aliphatic carboxylic acids is 2. The number of carbonyl (C=O) groups is 2. The van der Waals surface area contributed by atoms with Gasteiger partial charge in [-0.15, -0.1) is 0 Å². The van der Waals surface area contributed by atoms with Crippen LogP contribution in [0, 0.1) is 0 Å². The smallest absolute Gasteiger partial charge is 0.547 e. The van der Waals surface area contributed by atoms with Crippen molar-refractivity contribution in [1.29, 1.82) is 0 Å². The molecule has 2 N–H and O–H groups in total. The van der Waals surface area contributed by atoms with Crippen LogP contribution in [0.15, 0.2) is 0 Å². The minimum atomic E-state index is -2.44. The Morgan fingerprint density at radius 2 is 1.08 bits per heavy atom. The molecule has 8 heteroatoms. The van der Waals surface area contributed by atoms with E-state index in [4.69, 9.17) is 10.2 Å². The number of hydrogen-bond donors (Lipinski definition) is 2. The Labute approximate surface area is 153 Å². The number of carboxylic acid groups (broad SMARTS) is 2. The standard InChI is InChI=1S/C4H6O6.2K/c5-1(3(7)8)2(6)4(9)10;;/h1-2,5-6H,(H,7,8)(H,9,10);;/q;2*+1/p-2/t1-,2-;;/m1../s1. The summed E-state index contributed by atoms with van der Waals surface area (Å²) in [6.07, 6.45) is -4.88. The normalized spacial score (nSPS) is 13.2. The van der Waals surface area contributed by atoms with Gasteiger partial charge in [0, 0.05) is 0 Å². The summed E-state index contributed by atoms with van der Waals surface area (Å²) in [4.78, 5) is 19.3. The summed E-state index contributed by atoms with van der Waals surface area (Å²) < 4.78 is 0. The molecule has 0 spiro atoms. The Morgan fingerprint density at radius 1 is 0.917 bits per heavy atom. The molecule has 0 rings (SSSR count). The van der Waals surface area contributed by atoms with Gasteiger partial charge in [0.25, 0.3) is 0 Å². The van der Waals surface area contributed by atoms with E-state index < -0.39 is 24.1 Å². The number of carbonyl (C=O) groups excluding carboxylic acids is 2. The van der Waals surface area contributed by atoms with Gasteiger partial charge in [-0.25, -0.2) is 0 Å². The van der Waals surface area contributed by atoms with Gasteiger partial charge in [0.15, 0.2) is 0 Å². The molecule has 2 atom stereocenters. The summed E-state index contributed by atoms with van der Waals surface area (Å²) in [7, 11) is 0. The Balaban J connectivity index is -0.000000405. The van der Waals surface area contributed by atoms with Crippen LogP contribution in [0.5, 0.6) is 0 Å². The summed E-state index contributed by atoms with van der Waals surface area (Å²) in [5, 5.41) is 35.7. The fourth-order valence-corrected chi connectivity index (χ4v) is 0.258. The van der Waals surface area contributed by atoms with Crippen molar-refractivity contribution >= 4 is 11.9 Å². The molecule has 0 radical (unpaired) electrons. The molecule has 0 fully saturated rings. The first-order valence-electron chi connectivity index (χ1n) is 2.24. The van der Waals surface area contributed by atoms with E-state index in [-0.39, 0.29) is 103 Å². The predicted octanol–water partition coefficient (Wildman–Crippen LogP) is -10.8. The maximum Gasteiger partial charge on any atom is 1.00 e. The van der Waals surface area contributed by atoms with Crippen molar-refractivity contribution in [2.45, 2.75) is 12.2 Å². The Bertz CT molecular complexity index is 142. The van der Waals surface area contributed by atoms with E-state index in [1.807, 2.05) is 0 Å². The molecule has 0 saturated heterocycles. The Morgan fingerprint density at radius 3 is 1.17 bits per heavy atom. The van der Waals surface area contributed by atoms with Crippen LogP contribution in [0.1, 0.15) is 0 Å². The molecule has 58 valence electrons. The molecular weight excluding hydrogens is 222 g/mol. The number of rotatable bonds is 3. The van der Waals surface area contributed by atoms with E-state index in [0.717, 1.165) is 0 Å². The van der Waals surface area contributed by atoms with Gasteiger partial charge >= 0.3 is 103 Å². The Kier molecular flexibility index (Phi) is 15.9. The molecule has 0 aromatic rings. The van der Waals surface area contributed by atoms with E-state index in [2.05, 4.69) is 0 Å². The fraction of sp³-hybridized carbons (Fsp3) is 0.500. The molecule has 0 aromatic heterocycles. The van der Waals surface area contributed by atoms with Gasteiger partial charge < -0.3 is 30.0 Å². The van der Waals surface area contributed by atoms with Crippen molar-refractivity contribution < 1.29 is 133 Å². The third-order valence-electron chi connectivity index (χ3n) is 0.782. The minimum Gasteiger partial charge on any atom is -0.547 e. The maximum atomic E-state index is 9.63. The first kappa shape index (κ1) is 19.7. The molecular formula is C4H4K2O6. The minimum absolute atomic E-state index is 0. The van der Waals surface area contributed by atoms with Gasteiger partial charge in [0.1, 0.15) is 12.2 Å². The number of aliphatic hydroxyl groups excluding tert-OH is 2. The summed E-state index contributed by atoms with van der Waals surface area (Å²) >= 11 is 0. The van der Waals surface area contributed by atoms with Crippen LogP contribution in [-0.4, -0.2) is 34.4 Å². The van der Waals surface area contributed by atoms with Crippen LogP contribution in [0.4, 0.5) is 0 Å². The van der Waals surface area contributed by atoms with Crippen LogP contribution in [-0.2, 0) is 9.59 Å². The second-order valence-electron chi connectivity index (χ2n) is 1.53. The third kappa shape index (κ3) is 7.53. The average Bonchev–Trinajstić information content (AvgIpc) is 1.84. The molecule has 0 unspecified atom stereocenters. The summed E-state index contributed by atoms with van der Waals surface area (Å²) in [5.74, 6) is -4.12. The second-order valence-corrected chi connectivity index (χ2v) is 1.53. The quantitative estimate of drug-likeness (QED) is 0.461. The maximum absolute atomic E-state index is 9.63. The van der Waals surface area contributed by atoms with Gasteiger partial charge in [-0.05, 0) is 0 Å². The van der Waals surface area contributed by atoms with Crippen LogP contribution in [0.25, 0.3) is 0 Å². The van der Waals surface area contributed by atoms with Crippen molar-refractivity contribution in [3.8, 4) is 0 Å². The average molecular weight is 226 g/mol. The number of hydrogen-bond acceptors (Lipinski definition) is 6. The summed E-state index contributed by atoms with van der Waals surface area (Å²) in [6, 6.07) is 0. The van der Waals surface area contributed by atoms with Gasteiger partial charge in [-0.2, -0.15) is 0 Å². The molecule has 6 nitrogen and oxygen atoms in total. The summed E-state index contributed by atoms with van der Waals surface area (Å²) in [6.45, 7) is 0. The molecule has 0 aliphatic heterocycles. The van der Waals surface area contributed by atoms with E-state index in [9.17, 15) is 19.8 Å². The topological polar surface area (TPSA) is 121 Å². The molecule has 0 aromatic carbocycles. The number of carboxylic acids is 2. The van der Waals surface area contributed by atoms with Gasteiger partial charge in [0.2, 0.25) is 0 Å². The van der Waals surface area contributed by atoms with Gasteiger partial charge in [-0.1, -0.05) is 0 Å². The molecule has 12 heavy (non-hydrogen) atoms. The zero-order valence-electron chi connectivity index (χ0n) is 6.68. The zero-order valence-corrected chi connectivity index (χ0v) is 12.9. The van der Waals surface area contributed by atoms with Crippen molar-refractivity contribution in [2.75, 3.05) is 0 Å². The SMILES string of the molecule is O=C([O-])[C@H](O)[C@@H](O)C(=O)[O-].[K+].[K+]. The van der Waals surface area contributed by atoms with Crippen molar-refractivity contribution in [3.63, 3.8) is 0 Å². The fourth-order valence-electron chi connectivity index (χ4n) is 0.258. The Hall–Kier alpha value is 2.13. The number of aliphatic hydroxyl groups is 2.